The first-order valence-electron chi connectivity index (χ1n) is 6.25. The number of hydrogen-bond donors (Lipinski definition) is 1. The van der Waals surface area contributed by atoms with Crippen LogP contribution in [0.4, 0.5) is 5.69 Å². The number of carbonyl (C=O) groups excluding carboxylic acids is 1. The number of benzene rings is 1. The number of pyridine rings is 1. The van der Waals surface area contributed by atoms with Gasteiger partial charge in [-0.1, -0.05) is 23.7 Å². The molecule has 0 bridgehead atoms. The van der Waals surface area contributed by atoms with Gasteiger partial charge in [0.25, 0.3) is 0 Å². The molecule has 5 heteroatoms. The second-order valence-electron chi connectivity index (χ2n) is 4.47. The lowest BCUT2D eigenvalue weighted by molar-refractivity contribution is 0.101. The summed E-state index contributed by atoms with van der Waals surface area (Å²) in [6.45, 7) is 0. The van der Waals surface area contributed by atoms with Crippen molar-refractivity contribution in [2.45, 2.75) is 0 Å². The summed E-state index contributed by atoms with van der Waals surface area (Å²) in [6, 6.07) is 12.2. The number of aromatic nitrogens is 1. The molecule has 0 atom stereocenters. The lowest BCUT2D eigenvalue weighted by atomic mass is 10.1. The zero-order valence-corrected chi connectivity index (χ0v) is 11.7. The average molecular weight is 299 g/mol. The first-order chi connectivity index (χ1) is 10.1. The third-order valence-corrected chi connectivity index (χ3v) is 3.27. The van der Waals surface area contributed by atoms with E-state index < -0.39 is 0 Å². The minimum absolute atomic E-state index is 0.225. The van der Waals surface area contributed by atoms with Crippen molar-refractivity contribution in [1.82, 2.24) is 4.98 Å². The summed E-state index contributed by atoms with van der Waals surface area (Å²) < 4.78 is 5.61. The fourth-order valence-corrected chi connectivity index (χ4v) is 2.19. The van der Waals surface area contributed by atoms with Gasteiger partial charge in [0.15, 0.2) is 5.76 Å². The van der Waals surface area contributed by atoms with E-state index in [4.69, 9.17) is 21.8 Å². The number of nitrogen functional groups attached to an aromatic ring is 1. The zero-order valence-electron chi connectivity index (χ0n) is 10.9. The molecule has 3 aromatic rings. The topological polar surface area (TPSA) is 69.1 Å². The predicted molar refractivity (Wildman–Crippen MR) is 81.2 cm³/mol. The van der Waals surface area contributed by atoms with E-state index in [-0.39, 0.29) is 11.5 Å². The summed E-state index contributed by atoms with van der Waals surface area (Å²) in [7, 11) is 0. The fourth-order valence-electron chi connectivity index (χ4n) is 2.00. The molecule has 2 heterocycles. The summed E-state index contributed by atoms with van der Waals surface area (Å²) in [6.07, 6.45) is 2.96. The summed E-state index contributed by atoms with van der Waals surface area (Å²) in [5.41, 5.74) is 7.26. The van der Waals surface area contributed by atoms with Gasteiger partial charge in [-0.25, -0.2) is 0 Å². The van der Waals surface area contributed by atoms with E-state index in [0.717, 1.165) is 5.56 Å². The van der Waals surface area contributed by atoms with Crippen molar-refractivity contribution < 1.29 is 9.21 Å². The third kappa shape index (κ3) is 2.66. The SMILES string of the molecule is Nc1cnccc1C(=O)c1ccc(-c2cccc(Cl)c2)o1. The molecule has 0 saturated heterocycles. The van der Waals surface area contributed by atoms with E-state index >= 15 is 0 Å². The van der Waals surface area contributed by atoms with E-state index in [1.165, 1.54) is 12.4 Å². The van der Waals surface area contributed by atoms with Gasteiger partial charge in [-0.05, 0) is 30.3 Å². The van der Waals surface area contributed by atoms with E-state index in [1.54, 1.807) is 30.3 Å². The summed E-state index contributed by atoms with van der Waals surface area (Å²) in [4.78, 5) is 16.2. The van der Waals surface area contributed by atoms with Crippen molar-refractivity contribution in [1.29, 1.82) is 0 Å². The van der Waals surface area contributed by atoms with Crippen molar-refractivity contribution in [3.05, 3.63) is 71.2 Å². The molecular weight excluding hydrogens is 288 g/mol. The number of carbonyl (C=O) groups is 1. The van der Waals surface area contributed by atoms with Crippen LogP contribution in [0.2, 0.25) is 5.02 Å². The molecule has 0 radical (unpaired) electrons. The van der Waals surface area contributed by atoms with Gasteiger partial charge in [0.05, 0.1) is 17.4 Å². The Balaban J connectivity index is 1.95. The molecule has 3 rings (SSSR count). The van der Waals surface area contributed by atoms with Crippen LogP contribution in [0.1, 0.15) is 16.1 Å². The lowest BCUT2D eigenvalue weighted by Gasteiger charge is -2.01. The Kier molecular flexibility index (Phi) is 3.46. The molecule has 1 aromatic carbocycles. The van der Waals surface area contributed by atoms with Crippen molar-refractivity contribution in [3.8, 4) is 11.3 Å². The number of furan rings is 1. The second kappa shape index (κ2) is 5.42. The van der Waals surface area contributed by atoms with E-state index in [9.17, 15) is 4.79 Å². The highest BCUT2D eigenvalue weighted by atomic mass is 35.5. The number of halogens is 1. The van der Waals surface area contributed by atoms with Crippen LogP contribution in [0.5, 0.6) is 0 Å². The Morgan fingerprint density at radius 3 is 2.81 bits per heavy atom. The fraction of sp³-hybridized carbons (Fsp3) is 0. The number of nitrogens with two attached hydrogens (primary N) is 1. The van der Waals surface area contributed by atoms with Gasteiger partial charge in [-0.3, -0.25) is 9.78 Å². The average Bonchev–Trinajstić information content (AvgIpc) is 2.97. The summed E-state index contributed by atoms with van der Waals surface area (Å²) >= 11 is 5.95. The maximum absolute atomic E-state index is 12.4. The van der Waals surface area contributed by atoms with E-state index in [1.807, 2.05) is 12.1 Å². The molecule has 0 unspecified atom stereocenters. The van der Waals surface area contributed by atoms with Crippen LogP contribution >= 0.6 is 11.6 Å². The van der Waals surface area contributed by atoms with Gasteiger partial charge in [-0.15, -0.1) is 0 Å². The Morgan fingerprint density at radius 2 is 2.05 bits per heavy atom. The zero-order chi connectivity index (χ0) is 14.8. The second-order valence-corrected chi connectivity index (χ2v) is 4.90. The first-order valence-corrected chi connectivity index (χ1v) is 6.63. The van der Waals surface area contributed by atoms with E-state index in [2.05, 4.69) is 4.98 Å². The quantitative estimate of drug-likeness (QED) is 0.747. The van der Waals surface area contributed by atoms with Gasteiger partial charge < -0.3 is 10.2 Å². The van der Waals surface area contributed by atoms with Crippen LogP contribution in [0.25, 0.3) is 11.3 Å². The van der Waals surface area contributed by atoms with Gasteiger partial charge in [0, 0.05) is 16.8 Å². The number of anilines is 1. The Labute approximate surface area is 126 Å². The molecule has 0 fully saturated rings. The lowest BCUT2D eigenvalue weighted by Crippen LogP contribution is -2.04. The minimum atomic E-state index is -0.275. The molecular formula is C16H11ClN2O2. The predicted octanol–water partition coefficient (Wildman–Crippen LogP) is 3.81. The molecule has 0 aliphatic heterocycles. The smallest absolute Gasteiger partial charge is 0.230 e. The van der Waals surface area contributed by atoms with Crippen molar-refractivity contribution >= 4 is 23.1 Å². The molecule has 2 N–H and O–H groups in total. The van der Waals surface area contributed by atoms with E-state index in [0.29, 0.717) is 22.0 Å². The number of ketones is 1. The van der Waals surface area contributed by atoms with Crippen LogP contribution in [-0.2, 0) is 0 Å². The first kappa shape index (κ1) is 13.4. The highest BCUT2D eigenvalue weighted by Gasteiger charge is 2.16. The van der Waals surface area contributed by atoms with Crippen LogP contribution in [-0.4, -0.2) is 10.8 Å². The minimum Gasteiger partial charge on any atom is -0.453 e. The summed E-state index contributed by atoms with van der Waals surface area (Å²) in [5, 5.41) is 0.607. The molecule has 0 saturated carbocycles. The van der Waals surface area contributed by atoms with Crippen LogP contribution < -0.4 is 5.73 Å². The van der Waals surface area contributed by atoms with Crippen molar-refractivity contribution in [2.24, 2.45) is 0 Å². The Hall–Kier alpha value is -2.59. The van der Waals surface area contributed by atoms with Gasteiger partial charge in [-0.2, -0.15) is 0 Å². The normalized spacial score (nSPS) is 10.5. The van der Waals surface area contributed by atoms with Crippen LogP contribution in [0.3, 0.4) is 0 Å². The van der Waals surface area contributed by atoms with Crippen LogP contribution in [0, 0.1) is 0 Å². The standard InChI is InChI=1S/C16H11ClN2O2/c17-11-3-1-2-10(8-11)14-4-5-15(21-14)16(20)12-6-7-19-9-13(12)18/h1-9H,18H2. The number of nitrogens with zero attached hydrogens (tertiary/aromatic N) is 1. The largest absolute Gasteiger partial charge is 0.453 e. The van der Waals surface area contributed by atoms with Gasteiger partial charge in [0.1, 0.15) is 5.76 Å². The Morgan fingerprint density at radius 1 is 1.19 bits per heavy atom. The van der Waals surface area contributed by atoms with Crippen molar-refractivity contribution in [3.63, 3.8) is 0 Å². The summed E-state index contributed by atoms with van der Waals surface area (Å²) in [5.74, 6) is 0.527. The monoisotopic (exact) mass is 298 g/mol. The molecule has 0 spiro atoms. The van der Waals surface area contributed by atoms with Gasteiger partial charge >= 0.3 is 0 Å². The maximum Gasteiger partial charge on any atom is 0.230 e. The molecule has 2 aromatic heterocycles. The van der Waals surface area contributed by atoms with Crippen molar-refractivity contribution in [2.75, 3.05) is 5.73 Å². The molecule has 104 valence electrons. The third-order valence-electron chi connectivity index (χ3n) is 3.04. The maximum atomic E-state index is 12.4. The molecule has 0 aliphatic carbocycles. The van der Waals surface area contributed by atoms with Crippen LogP contribution in [0.15, 0.2) is 59.3 Å². The Bertz CT molecular complexity index is 811. The number of hydrogen-bond acceptors (Lipinski definition) is 4. The molecule has 0 amide bonds. The highest BCUT2D eigenvalue weighted by molar-refractivity contribution is 6.30. The molecule has 0 aliphatic rings. The molecule has 4 nitrogen and oxygen atoms in total. The van der Waals surface area contributed by atoms with Gasteiger partial charge in [0.2, 0.25) is 5.78 Å². The number of rotatable bonds is 3. The highest BCUT2D eigenvalue weighted by Crippen LogP contribution is 2.26. The molecule has 21 heavy (non-hydrogen) atoms.